The highest BCUT2D eigenvalue weighted by atomic mass is 32.2. The molecule has 1 N–H and O–H groups in total. The zero-order valence-corrected chi connectivity index (χ0v) is 13.6. The van der Waals surface area contributed by atoms with Gasteiger partial charge in [-0.1, -0.05) is 0 Å². The van der Waals surface area contributed by atoms with Gasteiger partial charge in [-0.25, -0.2) is 8.42 Å². The third kappa shape index (κ3) is 3.59. The Morgan fingerprint density at radius 2 is 2.30 bits per heavy atom. The van der Waals surface area contributed by atoms with E-state index in [1.54, 1.807) is 17.5 Å². The number of methoxy groups -OCH3 is 1. The lowest BCUT2D eigenvalue weighted by Crippen LogP contribution is -2.42. The highest BCUT2D eigenvalue weighted by molar-refractivity contribution is 7.91. The average molecular weight is 318 g/mol. The van der Waals surface area contributed by atoms with Gasteiger partial charge in [0.25, 0.3) is 10.0 Å². The standard InChI is InChI=1S/C13H22N2O3S2/c1-14-8-7-12-5-6-13(19-12)20(16,17)15-9-3-4-11(10-15)18-2/h5-6,11,14H,3-4,7-10H2,1-2H3. The van der Waals surface area contributed by atoms with Crippen LogP contribution in [0.25, 0.3) is 0 Å². The van der Waals surface area contributed by atoms with E-state index >= 15 is 0 Å². The fourth-order valence-corrected chi connectivity index (χ4v) is 5.34. The normalized spacial score (nSPS) is 21.2. The Hall–Kier alpha value is -0.470. The first kappa shape index (κ1) is 15.9. The number of likely N-dealkylation sites (N-methyl/N-ethyl adjacent to an activating group) is 1. The van der Waals surface area contributed by atoms with Crippen molar-refractivity contribution in [3.8, 4) is 0 Å². The van der Waals surface area contributed by atoms with Crippen molar-refractivity contribution in [3.63, 3.8) is 0 Å². The number of sulfonamides is 1. The Morgan fingerprint density at radius 1 is 1.50 bits per heavy atom. The maximum atomic E-state index is 12.6. The molecule has 1 aromatic rings. The van der Waals surface area contributed by atoms with Crippen LogP contribution in [0.5, 0.6) is 0 Å². The van der Waals surface area contributed by atoms with Gasteiger partial charge in [-0.2, -0.15) is 4.31 Å². The van der Waals surface area contributed by atoms with Crippen LogP contribution in [0.2, 0.25) is 0 Å². The topological polar surface area (TPSA) is 58.6 Å². The quantitative estimate of drug-likeness (QED) is 0.859. The average Bonchev–Trinajstić information content (AvgIpc) is 2.94. The van der Waals surface area contributed by atoms with Gasteiger partial charge in [0.2, 0.25) is 0 Å². The minimum Gasteiger partial charge on any atom is -0.380 e. The molecule has 0 spiro atoms. The molecule has 0 saturated carbocycles. The van der Waals surface area contributed by atoms with Crippen molar-refractivity contribution in [1.29, 1.82) is 0 Å². The summed E-state index contributed by atoms with van der Waals surface area (Å²) < 4.78 is 32.5. The van der Waals surface area contributed by atoms with Crippen LogP contribution in [0.4, 0.5) is 0 Å². The van der Waals surface area contributed by atoms with Crippen molar-refractivity contribution < 1.29 is 13.2 Å². The summed E-state index contributed by atoms with van der Waals surface area (Å²) >= 11 is 1.37. The first-order valence-corrected chi connectivity index (χ1v) is 9.10. The monoisotopic (exact) mass is 318 g/mol. The molecule has 0 radical (unpaired) electrons. The third-order valence-corrected chi connectivity index (χ3v) is 7.00. The molecule has 0 bridgehead atoms. The van der Waals surface area contributed by atoms with Crippen LogP contribution in [0.15, 0.2) is 16.3 Å². The maximum Gasteiger partial charge on any atom is 0.252 e. The molecule has 20 heavy (non-hydrogen) atoms. The van der Waals surface area contributed by atoms with E-state index in [0.29, 0.717) is 17.3 Å². The van der Waals surface area contributed by atoms with E-state index in [1.165, 1.54) is 11.3 Å². The number of ether oxygens (including phenoxy) is 1. The molecule has 1 aromatic heterocycles. The molecular weight excluding hydrogens is 296 g/mol. The number of piperidine rings is 1. The highest BCUT2D eigenvalue weighted by Gasteiger charge is 2.31. The van der Waals surface area contributed by atoms with Gasteiger partial charge >= 0.3 is 0 Å². The van der Waals surface area contributed by atoms with Crippen LogP contribution in [-0.4, -0.2) is 52.6 Å². The predicted octanol–water partition coefficient (Wildman–Crippen LogP) is 1.31. The predicted molar refractivity (Wildman–Crippen MR) is 80.7 cm³/mol. The largest absolute Gasteiger partial charge is 0.380 e. The van der Waals surface area contributed by atoms with Crippen LogP contribution in [0, 0.1) is 0 Å². The van der Waals surface area contributed by atoms with Crippen LogP contribution in [0.3, 0.4) is 0 Å². The lowest BCUT2D eigenvalue weighted by atomic mass is 10.1. The summed E-state index contributed by atoms with van der Waals surface area (Å²) in [4.78, 5) is 1.10. The summed E-state index contributed by atoms with van der Waals surface area (Å²) in [6, 6.07) is 3.63. The van der Waals surface area contributed by atoms with Crippen molar-refractivity contribution >= 4 is 21.4 Å². The zero-order valence-electron chi connectivity index (χ0n) is 12.0. The van der Waals surface area contributed by atoms with Crippen LogP contribution in [0.1, 0.15) is 17.7 Å². The molecular formula is C13H22N2O3S2. The molecule has 1 fully saturated rings. The smallest absolute Gasteiger partial charge is 0.252 e. The number of nitrogens with zero attached hydrogens (tertiary/aromatic N) is 1. The molecule has 1 saturated heterocycles. The molecule has 0 aliphatic carbocycles. The lowest BCUT2D eigenvalue weighted by Gasteiger charge is -2.30. The van der Waals surface area contributed by atoms with E-state index in [0.717, 1.165) is 30.7 Å². The Balaban J connectivity index is 2.11. The van der Waals surface area contributed by atoms with Gasteiger partial charge in [0.05, 0.1) is 6.10 Å². The van der Waals surface area contributed by atoms with Crippen molar-refractivity contribution in [2.24, 2.45) is 0 Å². The molecule has 1 atom stereocenters. The molecule has 5 nitrogen and oxygen atoms in total. The van der Waals surface area contributed by atoms with Crippen LogP contribution in [-0.2, 0) is 21.2 Å². The van der Waals surface area contributed by atoms with E-state index in [-0.39, 0.29) is 6.10 Å². The maximum absolute atomic E-state index is 12.6. The van der Waals surface area contributed by atoms with Gasteiger partial charge in [-0.3, -0.25) is 0 Å². The molecule has 114 valence electrons. The van der Waals surface area contributed by atoms with Gasteiger partial charge in [0.15, 0.2) is 0 Å². The van der Waals surface area contributed by atoms with Crippen molar-refractivity contribution in [3.05, 3.63) is 17.0 Å². The SMILES string of the molecule is CNCCc1ccc(S(=O)(=O)N2CCCC(OC)C2)s1. The molecule has 1 aliphatic heterocycles. The second kappa shape index (κ2) is 7.00. The molecule has 7 heteroatoms. The lowest BCUT2D eigenvalue weighted by molar-refractivity contribution is 0.0572. The number of hydrogen-bond acceptors (Lipinski definition) is 5. The summed E-state index contributed by atoms with van der Waals surface area (Å²) in [5, 5.41) is 3.07. The second-order valence-corrected chi connectivity index (χ2v) is 8.27. The van der Waals surface area contributed by atoms with E-state index in [1.807, 2.05) is 13.1 Å². The van der Waals surface area contributed by atoms with E-state index in [9.17, 15) is 8.42 Å². The number of rotatable bonds is 6. The van der Waals surface area contributed by atoms with Crippen LogP contribution < -0.4 is 5.32 Å². The summed E-state index contributed by atoms with van der Waals surface area (Å²) in [5.74, 6) is 0. The van der Waals surface area contributed by atoms with Gasteiger partial charge in [0, 0.05) is 25.1 Å². The molecule has 2 heterocycles. The molecule has 0 aromatic carbocycles. The van der Waals surface area contributed by atoms with E-state index < -0.39 is 10.0 Å². The summed E-state index contributed by atoms with van der Waals surface area (Å²) in [5.41, 5.74) is 0. The molecule has 1 aliphatic rings. The van der Waals surface area contributed by atoms with Crippen LogP contribution >= 0.6 is 11.3 Å². The van der Waals surface area contributed by atoms with Gasteiger partial charge in [-0.15, -0.1) is 11.3 Å². The van der Waals surface area contributed by atoms with E-state index in [4.69, 9.17) is 4.74 Å². The molecule has 2 rings (SSSR count). The minimum atomic E-state index is -3.36. The summed E-state index contributed by atoms with van der Waals surface area (Å²) in [6.07, 6.45) is 2.66. The molecule has 0 amide bonds. The molecule has 1 unspecified atom stereocenters. The fourth-order valence-electron chi connectivity index (χ4n) is 2.32. The Labute approximate surface area is 125 Å². The number of hydrogen-bond donors (Lipinski definition) is 1. The first-order valence-electron chi connectivity index (χ1n) is 6.84. The number of nitrogens with one attached hydrogen (secondary N) is 1. The minimum absolute atomic E-state index is 0.0160. The summed E-state index contributed by atoms with van der Waals surface area (Å²) in [7, 11) is 0.176. The van der Waals surface area contributed by atoms with Crippen molar-refractivity contribution in [2.45, 2.75) is 29.6 Å². The van der Waals surface area contributed by atoms with Crippen molar-refractivity contribution in [1.82, 2.24) is 9.62 Å². The first-order chi connectivity index (χ1) is 9.57. The zero-order chi connectivity index (χ0) is 14.6. The van der Waals surface area contributed by atoms with Gasteiger partial charge in [0.1, 0.15) is 4.21 Å². The van der Waals surface area contributed by atoms with Crippen molar-refractivity contribution in [2.75, 3.05) is 33.8 Å². The van der Waals surface area contributed by atoms with Gasteiger partial charge in [-0.05, 0) is 45.0 Å². The number of thiophene rings is 1. The van der Waals surface area contributed by atoms with E-state index in [2.05, 4.69) is 5.32 Å². The second-order valence-electron chi connectivity index (χ2n) is 4.94. The Morgan fingerprint density at radius 3 is 3.00 bits per heavy atom. The fraction of sp³-hybridized carbons (Fsp3) is 0.692. The summed E-state index contributed by atoms with van der Waals surface area (Å²) in [6.45, 7) is 1.91. The van der Waals surface area contributed by atoms with Gasteiger partial charge < -0.3 is 10.1 Å². The Kier molecular flexibility index (Phi) is 5.57. The third-order valence-electron chi connectivity index (χ3n) is 3.53. The Bertz CT molecular complexity index is 527. The highest BCUT2D eigenvalue weighted by Crippen LogP contribution is 2.27.